The van der Waals surface area contributed by atoms with Crippen molar-refractivity contribution in [2.24, 2.45) is 0 Å². The molecular weight excluding hydrogens is 568 g/mol. The summed E-state index contributed by atoms with van der Waals surface area (Å²) in [4.78, 5) is 41.7. The number of nitrogens with zero attached hydrogens (tertiary/aromatic N) is 3. The molecule has 0 bridgehead atoms. The normalized spacial score (nSPS) is 15.0. The van der Waals surface area contributed by atoms with Crippen LogP contribution in [0, 0.1) is 17.1 Å². The van der Waals surface area contributed by atoms with Crippen LogP contribution < -0.4 is 10.2 Å². The summed E-state index contributed by atoms with van der Waals surface area (Å²) >= 11 is 0. The van der Waals surface area contributed by atoms with E-state index in [2.05, 4.69) is 5.32 Å². The number of alkyl halides is 3. The quantitative estimate of drug-likeness (QED) is 0.184. The molecule has 0 radical (unpaired) electrons. The molecule has 0 aromatic heterocycles. The van der Waals surface area contributed by atoms with E-state index in [1.165, 1.54) is 61.2 Å². The third-order valence-corrected chi connectivity index (χ3v) is 6.71. The molecule has 224 valence electrons. The van der Waals surface area contributed by atoms with Gasteiger partial charge in [0.15, 0.2) is 0 Å². The first kappa shape index (κ1) is 31.0. The molecule has 1 aliphatic rings. The Morgan fingerprint density at radius 2 is 1.65 bits per heavy atom. The summed E-state index contributed by atoms with van der Waals surface area (Å²) in [7, 11) is 0. The maximum Gasteiger partial charge on any atom is 0.417 e. The molecule has 3 aromatic rings. The fraction of sp³-hybridized carbons (Fsp3) is 0.290. The van der Waals surface area contributed by atoms with Crippen molar-refractivity contribution < 1.29 is 36.7 Å². The monoisotopic (exact) mass is 596 g/mol. The highest BCUT2D eigenvalue weighted by Crippen LogP contribution is 2.39. The molecule has 1 aliphatic heterocycles. The molecular formula is C31H28F4N4O4. The first-order chi connectivity index (χ1) is 19.9. The van der Waals surface area contributed by atoms with Gasteiger partial charge in [0.1, 0.15) is 17.0 Å². The standard InChI is InChI=1S/C31H28F4N4O4/c1-29(2,3)43-26(40)18-6-7-20(25(14-18)37-22-11-9-21(32)10-12-22)17-38-28(42)39(27(41)30(38,4)5)23-13-8-19(16-36)24(15-23)31(33,34)35/h6-15,37H,17H2,1-5H3. The van der Waals surface area contributed by atoms with Gasteiger partial charge in [0.2, 0.25) is 0 Å². The molecule has 1 N–H and O–H groups in total. The molecule has 0 spiro atoms. The smallest absolute Gasteiger partial charge is 0.417 e. The van der Waals surface area contributed by atoms with Crippen LogP contribution >= 0.6 is 0 Å². The minimum Gasteiger partial charge on any atom is -0.456 e. The van der Waals surface area contributed by atoms with Crippen molar-refractivity contribution in [2.75, 3.05) is 10.2 Å². The number of urea groups is 1. The van der Waals surface area contributed by atoms with E-state index in [9.17, 15) is 31.9 Å². The number of nitriles is 1. The summed E-state index contributed by atoms with van der Waals surface area (Å²) in [6, 6.07) is 13.2. The van der Waals surface area contributed by atoms with Crippen molar-refractivity contribution in [3.8, 4) is 6.07 Å². The van der Waals surface area contributed by atoms with Gasteiger partial charge in [-0.1, -0.05) is 6.07 Å². The SMILES string of the molecule is CC(C)(C)OC(=O)c1ccc(CN2C(=O)N(c3ccc(C#N)c(C(F)(F)F)c3)C(=O)C2(C)C)c(Nc2ccc(F)cc2)c1. The average molecular weight is 597 g/mol. The first-order valence-corrected chi connectivity index (χ1v) is 13.1. The van der Waals surface area contributed by atoms with E-state index in [1.54, 1.807) is 26.8 Å². The minimum atomic E-state index is -4.89. The van der Waals surface area contributed by atoms with Crippen LogP contribution in [0.1, 0.15) is 61.7 Å². The highest BCUT2D eigenvalue weighted by Gasteiger charge is 2.52. The lowest BCUT2D eigenvalue weighted by molar-refractivity contribution is -0.137. The largest absolute Gasteiger partial charge is 0.456 e. The van der Waals surface area contributed by atoms with Gasteiger partial charge in [-0.3, -0.25) is 4.79 Å². The molecule has 1 fully saturated rings. The Labute approximate surface area is 245 Å². The zero-order valence-corrected chi connectivity index (χ0v) is 24.0. The van der Waals surface area contributed by atoms with E-state index in [0.717, 1.165) is 12.1 Å². The van der Waals surface area contributed by atoms with Crippen LogP contribution in [-0.2, 0) is 22.3 Å². The Hall–Kier alpha value is -4.92. The number of rotatable bonds is 6. The second-order valence-electron chi connectivity index (χ2n) is 11.4. The molecule has 8 nitrogen and oxygen atoms in total. The number of carbonyl (C=O) groups excluding carboxylic acids is 3. The number of hydrogen-bond donors (Lipinski definition) is 1. The number of carbonyl (C=O) groups is 3. The highest BCUT2D eigenvalue weighted by atomic mass is 19.4. The van der Waals surface area contributed by atoms with Crippen molar-refractivity contribution in [1.82, 2.24) is 4.90 Å². The molecule has 3 aromatic carbocycles. The molecule has 1 heterocycles. The third kappa shape index (κ3) is 6.45. The summed E-state index contributed by atoms with van der Waals surface area (Å²) in [5, 5.41) is 12.2. The van der Waals surface area contributed by atoms with Crippen LogP contribution in [-0.4, -0.2) is 33.9 Å². The Morgan fingerprint density at radius 3 is 2.23 bits per heavy atom. The van der Waals surface area contributed by atoms with Gasteiger partial charge in [-0.15, -0.1) is 0 Å². The van der Waals surface area contributed by atoms with Gasteiger partial charge >= 0.3 is 18.2 Å². The van der Waals surface area contributed by atoms with Crippen LogP contribution in [0.25, 0.3) is 0 Å². The van der Waals surface area contributed by atoms with Gasteiger partial charge in [0.05, 0.1) is 35.0 Å². The maximum atomic E-state index is 13.6. The molecule has 4 rings (SSSR count). The lowest BCUT2D eigenvalue weighted by Crippen LogP contribution is -2.43. The van der Waals surface area contributed by atoms with Crippen LogP contribution in [0.15, 0.2) is 60.7 Å². The summed E-state index contributed by atoms with van der Waals surface area (Å²) in [6.45, 7) is 7.88. The summed E-state index contributed by atoms with van der Waals surface area (Å²) in [6.07, 6.45) is -4.89. The predicted molar refractivity (Wildman–Crippen MR) is 150 cm³/mol. The van der Waals surface area contributed by atoms with Crippen molar-refractivity contribution in [2.45, 2.75) is 58.5 Å². The van der Waals surface area contributed by atoms with Gasteiger partial charge in [-0.2, -0.15) is 18.4 Å². The van der Waals surface area contributed by atoms with Gasteiger partial charge < -0.3 is 15.0 Å². The van der Waals surface area contributed by atoms with E-state index >= 15 is 0 Å². The van der Waals surface area contributed by atoms with Crippen LogP contribution in [0.5, 0.6) is 0 Å². The molecule has 0 aliphatic carbocycles. The molecule has 1 saturated heterocycles. The third-order valence-electron chi connectivity index (χ3n) is 6.71. The topological polar surface area (TPSA) is 103 Å². The number of anilines is 3. The second kappa shape index (κ2) is 11.1. The van der Waals surface area contributed by atoms with Gasteiger partial charge in [0.25, 0.3) is 5.91 Å². The number of halogens is 4. The Morgan fingerprint density at radius 1 is 1.00 bits per heavy atom. The van der Waals surface area contributed by atoms with E-state index in [-0.39, 0.29) is 17.8 Å². The van der Waals surface area contributed by atoms with Crippen LogP contribution in [0.3, 0.4) is 0 Å². The lowest BCUT2D eigenvalue weighted by atomic mass is 10.0. The Balaban J connectivity index is 1.73. The van der Waals surface area contributed by atoms with E-state index in [0.29, 0.717) is 27.9 Å². The summed E-state index contributed by atoms with van der Waals surface area (Å²) < 4.78 is 59.9. The number of imide groups is 1. The number of nitrogens with one attached hydrogen (secondary N) is 1. The Kier molecular flexibility index (Phi) is 7.98. The average Bonchev–Trinajstić information content (AvgIpc) is 3.07. The van der Waals surface area contributed by atoms with E-state index < -0.39 is 52.2 Å². The van der Waals surface area contributed by atoms with Gasteiger partial charge in [0, 0.05) is 11.4 Å². The molecule has 0 saturated carbocycles. The zero-order chi connectivity index (χ0) is 31.9. The number of ether oxygens (including phenoxy) is 1. The molecule has 12 heteroatoms. The highest BCUT2D eigenvalue weighted by molar-refractivity contribution is 6.23. The molecule has 0 unspecified atom stereocenters. The van der Waals surface area contributed by atoms with Crippen molar-refractivity contribution in [1.29, 1.82) is 5.26 Å². The fourth-order valence-electron chi connectivity index (χ4n) is 4.49. The van der Waals surface area contributed by atoms with Crippen molar-refractivity contribution >= 4 is 35.0 Å². The molecule has 0 atom stereocenters. The fourth-order valence-corrected chi connectivity index (χ4v) is 4.49. The number of amides is 3. The maximum absolute atomic E-state index is 13.6. The first-order valence-electron chi connectivity index (χ1n) is 13.1. The second-order valence-corrected chi connectivity index (χ2v) is 11.4. The molecule has 3 amide bonds. The molecule has 43 heavy (non-hydrogen) atoms. The van der Waals surface area contributed by atoms with Gasteiger partial charge in [-0.25, -0.2) is 18.9 Å². The number of benzene rings is 3. The van der Waals surface area contributed by atoms with E-state index in [1.807, 2.05) is 0 Å². The van der Waals surface area contributed by atoms with E-state index in [4.69, 9.17) is 10.00 Å². The number of esters is 1. The Bertz CT molecular complexity index is 1640. The van der Waals surface area contributed by atoms with Crippen LogP contribution in [0.4, 0.5) is 39.4 Å². The van der Waals surface area contributed by atoms with Crippen molar-refractivity contribution in [3.05, 3.63) is 88.7 Å². The predicted octanol–water partition coefficient (Wildman–Crippen LogP) is 7.16. The summed E-state index contributed by atoms with van der Waals surface area (Å²) in [5.41, 5.74) is -3.06. The minimum absolute atomic E-state index is 0.185. The van der Waals surface area contributed by atoms with Crippen molar-refractivity contribution in [3.63, 3.8) is 0 Å². The lowest BCUT2D eigenvalue weighted by Gasteiger charge is -2.29. The van der Waals surface area contributed by atoms with Crippen LogP contribution in [0.2, 0.25) is 0 Å². The van der Waals surface area contributed by atoms with Gasteiger partial charge in [-0.05, 0) is 94.8 Å². The zero-order valence-electron chi connectivity index (χ0n) is 24.0. The summed E-state index contributed by atoms with van der Waals surface area (Å²) in [5.74, 6) is -1.84. The number of hydrogen-bond acceptors (Lipinski definition) is 6.